The summed E-state index contributed by atoms with van der Waals surface area (Å²) in [5, 5.41) is -0.0356. The Labute approximate surface area is 117 Å². The highest BCUT2D eigenvalue weighted by Crippen LogP contribution is 2.34. The predicted molar refractivity (Wildman–Crippen MR) is 67.7 cm³/mol. The van der Waals surface area contributed by atoms with Crippen LogP contribution in [0.4, 0.5) is 13.2 Å². The lowest BCUT2D eigenvalue weighted by molar-refractivity contribution is -0.137. The Kier molecular flexibility index (Phi) is 3.85. The Bertz CT molecular complexity index is 670. The van der Waals surface area contributed by atoms with E-state index in [4.69, 9.17) is 16.3 Å². The summed E-state index contributed by atoms with van der Waals surface area (Å²) in [6, 6.07) is 2.99. The molecule has 2 aromatic rings. The molecule has 0 bridgehead atoms. The number of aromatic nitrogens is 1. The van der Waals surface area contributed by atoms with Crippen molar-refractivity contribution >= 4 is 28.5 Å². The van der Waals surface area contributed by atoms with Crippen molar-refractivity contribution in [3.05, 3.63) is 40.5 Å². The van der Waals surface area contributed by atoms with Crippen LogP contribution in [-0.4, -0.2) is 17.6 Å². The zero-order valence-corrected chi connectivity index (χ0v) is 11.0. The minimum absolute atomic E-state index is 0.0552. The lowest BCUT2D eigenvalue weighted by Gasteiger charge is -2.10. The van der Waals surface area contributed by atoms with Gasteiger partial charge in [0, 0.05) is 11.6 Å². The van der Waals surface area contributed by atoms with Crippen molar-refractivity contribution in [1.82, 2.24) is 4.98 Å². The molecule has 0 radical (unpaired) electrons. The van der Waals surface area contributed by atoms with Gasteiger partial charge in [-0.1, -0.05) is 11.6 Å². The number of halogens is 4. The van der Waals surface area contributed by atoms with Gasteiger partial charge in [-0.25, -0.2) is 4.79 Å². The van der Waals surface area contributed by atoms with Gasteiger partial charge < -0.3 is 4.74 Å². The molecule has 0 unspecified atom stereocenters. The molecule has 0 aliphatic carbocycles. The van der Waals surface area contributed by atoms with Crippen LogP contribution in [-0.2, 0) is 10.9 Å². The van der Waals surface area contributed by atoms with Crippen molar-refractivity contribution in [3.63, 3.8) is 0 Å². The number of hydrogen-bond acceptors (Lipinski definition) is 3. The molecular formula is C13H9ClF3NO2. The number of rotatable bonds is 2. The Morgan fingerprint density at radius 1 is 1.40 bits per heavy atom. The number of benzene rings is 1. The van der Waals surface area contributed by atoms with Crippen molar-refractivity contribution in [1.29, 1.82) is 0 Å². The van der Waals surface area contributed by atoms with Gasteiger partial charge in [0.25, 0.3) is 0 Å². The van der Waals surface area contributed by atoms with Crippen molar-refractivity contribution in [3.8, 4) is 0 Å². The summed E-state index contributed by atoms with van der Waals surface area (Å²) < 4.78 is 42.8. The topological polar surface area (TPSA) is 39.2 Å². The van der Waals surface area contributed by atoms with Gasteiger partial charge in [0.1, 0.15) is 0 Å². The standard InChI is InChI=1S/C13H9ClF3NO2/c1-2-20-12(19)9-6-18-10-4-3-7(13(15,16)17)5-8(10)11(9)14/h3-6H,2H2,1H3. The van der Waals surface area contributed by atoms with Crippen molar-refractivity contribution in [2.75, 3.05) is 6.61 Å². The number of alkyl halides is 3. The number of esters is 1. The third-order valence-corrected chi connectivity index (χ3v) is 3.03. The lowest BCUT2D eigenvalue weighted by atomic mass is 10.1. The molecule has 0 fully saturated rings. The summed E-state index contributed by atoms with van der Waals surface area (Å²) in [5.74, 6) is -0.718. The average Bonchev–Trinajstić information content (AvgIpc) is 2.38. The Hall–Kier alpha value is -1.82. The minimum Gasteiger partial charge on any atom is -0.462 e. The summed E-state index contributed by atoms with van der Waals surface area (Å²) in [7, 11) is 0. The van der Waals surface area contributed by atoms with E-state index in [1.165, 1.54) is 12.3 Å². The number of pyridine rings is 1. The summed E-state index contributed by atoms with van der Waals surface area (Å²) in [5.41, 5.74) is -0.633. The average molecular weight is 304 g/mol. The first kappa shape index (κ1) is 14.6. The second kappa shape index (κ2) is 5.28. The summed E-state index contributed by atoms with van der Waals surface area (Å²) in [4.78, 5) is 15.5. The highest BCUT2D eigenvalue weighted by molar-refractivity contribution is 6.38. The van der Waals surface area contributed by atoms with Gasteiger partial charge in [-0.15, -0.1) is 0 Å². The third kappa shape index (κ3) is 2.70. The van der Waals surface area contributed by atoms with Crippen LogP contribution in [0.3, 0.4) is 0 Å². The molecule has 0 saturated carbocycles. The smallest absolute Gasteiger partial charge is 0.416 e. The SMILES string of the molecule is CCOC(=O)c1cnc2ccc(C(F)(F)F)cc2c1Cl. The van der Waals surface area contributed by atoms with Gasteiger partial charge in [-0.2, -0.15) is 13.2 Å². The molecular weight excluding hydrogens is 295 g/mol. The summed E-state index contributed by atoms with van der Waals surface area (Å²) in [6.45, 7) is 1.75. The van der Waals surface area contributed by atoms with Gasteiger partial charge in [-0.05, 0) is 25.1 Å². The van der Waals surface area contributed by atoms with E-state index in [-0.39, 0.29) is 28.1 Å². The van der Waals surface area contributed by atoms with Crippen molar-refractivity contribution < 1.29 is 22.7 Å². The Morgan fingerprint density at radius 2 is 2.10 bits per heavy atom. The zero-order chi connectivity index (χ0) is 14.9. The molecule has 1 heterocycles. The molecule has 0 aliphatic heterocycles. The van der Waals surface area contributed by atoms with E-state index in [9.17, 15) is 18.0 Å². The van der Waals surface area contributed by atoms with E-state index < -0.39 is 17.7 Å². The maximum Gasteiger partial charge on any atom is 0.416 e. The van der Waals surface area contributed by atoms with Gasteiger partial charge in [-0.3, -0.25) is 4.98 Å². The van der Waals surface area contributed by atoms with Gasteiger partial charge >= 0.3 is 12.1 Å². The maximum absolute atomic E-state index is 12.7. The molecule has 7 heteroatoms. The van der Waals surface area contributed by atoms with Crippen LogP contribution >= 0.6 is 11.6 Å². The fourth-order valence-corrected chi connectivity index (χ4v) is 1.97. The predicted octanol–water partition coefficient (Wildman–Crippen LogP) is 4.08. The quantitative estimate of drug-likeness (QED) is 0.785. The Morgan fingerprint density at radius 3 is 2.70 bits per heavy atom. The zero-order valence-electron chi connectivity index (χ0n) is 10.3. The van der Waals surface area contributed by atoms with Crippen molar-refractivity contribution in [2.24, 2.45) is 0 Å². The molecule has 106 valence electrons. The van der Waals surface area contributed by atoms with E-state index >= 15 is 0 Å². The first-order valence-corrected chi connectivity index (χ1v) is 6.05. The van der Waals surface area contributed by atoms with Crippen LogP contribution in [0.2, 0.25) is 5.02 Å². The normalized spacial score (nSPS) is 11.7. The van der Waals surface area contributed by atoms with E-state index in [1.807, 2.05) is 0 Å². The summed E-state index contributed by atoms with van der Waals surface area (Å²) in [6.07, 6.45) is -3.30. The fourth-order valence-electron chi connectivity index (χ4n) is 1.69. The van der Waals surface area contributed by atoms with Crippen molar-refractivity contribution in [2.45, 2.75) is 13.1 Å². The molecule has 0 atom stereocenters. The molecule has 0 aliphatic rings. The second-order valence-corrected chi connectivity index (χ2v) is 4.31. The maximum atomic E-state index is 12.7. The molecule has 0 spiro atoms. The van der Waals surface area contributed by atoms with Crippen LogP contribution in [0, 0.1) is 0 Å². The first-order valence-electron chi connectivity index (χ1n) is 5.67. The lowest BCUT2D eigenvalue weighted by Crippen LogP contribution is -2.07. The highest BCUT2D eigenvalue weighted by Gasteiger charge is 2.31. The first-order chi connectivity index (χ1) is 9.34. The third-order valence-electron chi connectivity index (χ3n) is 2.62. The molecule has 1 aromatic carbocycles. The highest BCUT2D eigenvalue weighted by atomic mass is 35.5. The number of hydrogen-bond donors (Lipinski definition) is 0. The minimum atomic E-state index is -4.49. The molecule has 2 rings (SSSR count). The largest absolute Gasteiger partial charge is 0.462 e. The summed E-state index contributed by atoms with van der Waals surface area (Å²) >= 11 is 5.99. The van der Waals surface area contributed by atoms with Crippen LogP contribution in [0.1, 0.15) is 22.8 Å². The van der Waals surface area contributed by atoms with E-state index in [2.05, 4.69) is 4.98 Å². The van der Waals surface area contributed by atoms with Crippen LogP contribution in [0.15, 0.2) is 24.4 Å². The number of fused-ring (bicyclic) bond motifs is 1. The number of carbonyl (C=O) groups is 1. The number of ether oxygens (including phenoxy) is 1. The second-order valence-electron chi connectivity index (χ2n) is 3.94. The monoisotopic (exact) mass is 303 g/mol. The van der Waals surface area contributed by atoms with E-state index in [1.54, 1.807) is 6.92 Å². The van der Waals surface area contributed by atoms with E-state index in [0.717, 1.165) is 12.1 Å². The van der Waals surface area contributed by atoms with Crippen LogP contribution in [0.5, 0.6) is 0 Å². The molecule has 0 N–H and O–H groups in total. The van der Waals surface area contributed by atoms with Crippen LogP contribution < -0.4 is 0 Å². The van der Waals surface area contributed by atoms with Crippen LogP contribution in [0.25, 0.3) is 10.9 Å². The molecule has 20 heavy (non-hydrogen) atoms. The van der Waals surface area contributed by atoms with Gasteiger partial charge in [0.2, 0.25) is 0 Å². The molecule has 0 amide bonds. The fraction of sp³-hybridized carbons (Fsp3) is 0.231. The molecule has 1 aromatic heterocycles. The number of nitrogens with zero attached hydrogens (tertiary/aromatic N) is 1. The van der Waals surface area contributed by atoms with E-state index in [0.29, 0.717) is 0 Å². The molecule has 3 nitrogen and oxygen atoms in total. The number of carbonyl (C=O) groups excluding carboxylic acids is 1. The Balaban J connectivity index is 2.61. The van der Waals surface area contributed by atoms with Gasteiger partial charge in [0.05, 0.1) is 28.3 Å². The van der Waals surface area contributed by atoms with Gasteiger partial charge in [0.15, 0.2) is 0 Å². The molecule has 0 saturated heterocycles.